The third-order valence-corrected chi connectivity index (χ3v) is 3.37. The normalized spacial score (nSPS) is 11.2. The Hall–Kier alpha value is -1.69. The van der Waals surface area contributed by atoms with E-state index < -0.39 is 0 Å². The second-order valence-electron chi connectivity index (χ2n) is 4.57. The first-order valence-corrected chi connectivity index (χ1v) is 6.76. The van der Waals surface area contributed by atoms with E-state index in [1.165, 1.54) is 17.0 Å². The summed E-state index contributed by atoms with van der Waals surface area (Å²) in [5.41, 5.74) is 3.79. The molecule has 2 rings (SSSR count). The van der Waals surface area contributed by atoms with Gasteiger partial charge in [-0.25, -0.2) is 4.98 Å². The highest BCUT2D eigenvalue weighted by atomic mass is 15.4. The Balaban J connectivity index is 2.37. The largest absolute Gasteiger partial charge is 0.316 e. The quantitative estimate of drug-likeness (QED) is 0.840. The monoisotopic (exact) mass is 262 g/mol. The molecule has 2 aromatic heterocycles. The van der Waals surface area contributed by atoms with Crippen LogP contribution in [0.25, 0.3) is 0 Å². The molecule has 1 N–H and O–H groups in total. The molecule has 0 fully saturated rings. The minimum Gasteiger partial charge on any atom is -0.316 e. The van der Waals surface area contributed by atoms with Crippen LogP contribution in [0.15, 0.2) is 6.33 Å². The van der Waals surface area contributed by atoms with Gasteiger partial charge in [0.1, 0.15) is 18.7 Å². The second-order valence-corrected chi connectivity index (χ2v) is 4.57. The van der Waals surface area contributed by atoms with Gasteiger partial charge in [-0.1, -0.05) is 13.8 Å². The molecule has 0 bridgehead atoms. The Labute approximate surface area is 113 Å². The third-order valence-electron chi connectivity index (χ3n) is 3.37. The number of nitrogens with one attached hydrogen (secondary N) is 1. The highest BCUT2D eigenvalue weighted by Crippen LogP contribution is 2.17. The summed E-state index contributed by atoms with van der Waals surface area (Å²) in [5, 5.41) is 12.1. The smallest absolute Gasteiger partial charge is 0.148 e. The lowest BCUT2D eigenvalue weighted by molar-refractivity contribution is 0.582. The SMILES string of the molecule is CCc1nn(Cc2ncnn2C)c(CC)c1CNC. The first-order chi connectivity index (χ1) is 9.21. The number of hydrogen-bond donors (Lipinski definition) is 1. The Morgan fingerprint density at radius 2 is 2.05 bits per heavy atom. The van der Waals surface area contributed by atoms with Crippen LogP contribution in [-0.4, -0.2) is 31.6 Å². The number of hydrogen-bond acceptors (Lipinski definition) is 4. The summed E-state index contributed by atoms with van der Waals surface area (Å²) in [7, 11) is 3.88. The fraction of sp³-hybridized carbons (Fsp3) is 0.615. The van der Waals surface area contributed by atoms with Gasteiger partial charge in [-0.05, 0) is 19.9 Å². The molecule has 0 aliphatic carbocycles. The van der Waals surface area contributed by atoms with Crippen LogP contribution in [0, 0.1) is 0 Å². The molecule has 0 aromatic carbocycles. The summed E-state index contributed by atoms with van der Waals surface area (Å²) in [6.45, 7) is 5.86. The zero-order chi connectivity index (χ0) is 13.8. The van der Waals surface area contributed by atoms with Gasteiger partial charge in [-0.15, -0.1) is 0 Å². The number of nitrogens with zero attached hydrogens (tertiary/aromatic N) is 5. The standard InChI is InChI=1S/C13H22N6/c1-5-11-10(7-14-3)12(6-2)19(17-11)8-13-15-9-16-18(13)4/h9,14H,5-8H2,1-4H3. The van der Waals surface area contributed by atoms with Crippen molar-refractivity contribution in [1.29, 1.82) is 0 Å². The van der Waals surface area contributed by atoms with Gasteiger partial charge < -0.3 is 5.32 Å². The van der Waals surface area contributed by atoms with E-state index in [0.29, 0.717) is 6.54 Å². The van der Waals surface area contributed by atoms with Crippen molar-refractivity contribution in [3.8, 4) is 0 Å². The van der Waals surface area contributed by atoms with Crippen LogP contribution in [0.5, 0.6) is 0 Å². The van der Waals surface area contributed by atoms with Crippen LogP contribution >= 0.6 is 0 Å². The van der Waals surface area contributed by atoms with E-state index in [9.17, 15) is 0 Å². The molecule has 0 atom stereocenters. The van der Waals surface area contributed by atoms with E-state index in [1.54, 1.807) is 11.0 Å². The van der Waals surface area contributed by atoms with Crippen molar-refractivity contribution in [2.75, 3.05) is 7.05 Å². The summed E-state index contributed by atoms with van der Waals surface area (Å²) in [6, 6.07) is 0. The van der Waals surface area contributed by atoms with Crippen LogP contribution in [0.2, 0.25) is 0 Å². The van der Waals surface area contributed by atoms with E-state index in [0.717, 1.165) is 25.2 Å². The predicted octanol–water partition coefficient (Wildman–Crippen LogP) is 0.904. The maximum absolute atomic E-state index is 4.73. The lowest BCUT2D eigenvalue weighted by Gasteiger charge is -2.07. The fourth-order valence-corrected chi connectivity index (χ4v) is 2.38. The van der Waals surface area contributed by atoms with Crippen LogP contribution in [-0.2, 0) is 33.0 Å². The number of aryl methyl sites for hydroxylation is 2. The van der Waals surface area contributed by atoms with Gasteiger partial charge in [-0.2, -0.15) is 10.2 Å². The van der Waals surface area contributed by atoms with E-state index in [4.69, 9.17) is 5.10 Å². The van der Waals surface area contributed by atoms with Gasteiger partial charge in [0, 0.05) is 24.8 Å². The molecule has 0 unspecified atom stereocenters. The van der Waals surface area contributed by atoms with Crippen LogP contribution in [0.3, 0.4) is 0 Å². The van der Waals surface area contributed by atoms with Crippen molar-refractivity contribution in [2.45, 2.75) is 39.8 Å². The molecule has 0 saturated heterocycles. The van der Waals surface area contributed by atoms with Crippen molar-refractivity contribution >= 4 is 0 Å². The summed E-state index contributed by atoms with van der Waals surface area (Å²) in [6.07, 6.45) is 3.51. The maximum atomic E-state index is 4.73. The summed E-state index contributed by atoms with van der Waals surface area (Å²) < 4.78 is 3.86. The van der Waals surface area contributed by atoms with E-state index in [-0.39, 0.29) is 0 Å². The Morgan fingerprint density at radius 1 is 1.26 bits per heavy atom. The van der Waals surface area contributed by atoms with Gasteiger partial charge in [0.15, 0.2) is 0 Å². The van der Waals surface area contributed by atoms with Gasteiger partial charge in [0.05, 0.1) is 5.69 Å². The van der Waals surface area contributed by atoms with Crippen molar-refractivity contribution in [3.05, 3.63) is 29.1 Å². The molecule has 0 radical (unpaired) electrons. The Bertz CT molecular complexity index is 539. The second kappa shape index (κ2) is 5.97. The molecule has 104 valence electrons. The lowest BCUT2D eigenvalue weighted by Crippen LogP contribution is -2.12. The van der Waals surface area contributed by atoms with Gasteiger partial charge >= 0.3 is 0 Å². The lowest BCUT2D eigenvalue weighted by atomic mass is 10.1. The number of aromatic nitrogens is 5. The summed E-state index contributed by atoms with van der Waals surface area (Å²) in [5.74, 6) is 0.927. The fourth-order valence-electron chi connectivity index (χ4n) is 2.38. The molecule has 2 heterocycles. The van der Waals surface area contributed by atoms with E-state index in [1.807, 2.05) is 14.1 Å². The van der Waals surface area contributed by atoms with Crippen molar-refractivity contribution in [1.82, 2.24) is 29.9 Å². The molecule has 19 heavy (non-hydrogen) atoms. The highest BCUT2D eigenvalue weighted by molar-refractivity contribution is 5.27. The van der Waals surface area contributed by atoms with E-state index >= 15 is 0 Å². The molecule has 0 aliphatic heterocycles. The van der Waals surface area contributed by atoms with Crippen LogP contribution in [0.1, 0.15) is 36.6 Å². The van der Waals surface area contributed by atoms with Gasteiger partial charge in [-0.3, -0.25) is 9.36 Å². The maximum Gasteiger partial charge on any atom is 0.148 e. The van der Waals surface area contributed by atoms with Gasteiger partial charge in [0.25, 0.3) is 0 Å². The van der Waals surface area contributed by atoms with Gasteiger partial charge in [0.2, 0.25) is 0 Å². The molecule has 0 amide bonds. The van der Waals surface area contributed by atoms with Crippen LogP contribution in [0.4, 0.5) is 0 Å². The van der Waals surface area contributed by atoms with Crippen molar-refractivity contribution < 1.29 is 0 Å². The minimum absolute atomic E-state index is 0.677. The van der Waals surface area contributed by atoms with Crippen molar-refractivity contribution in [3.63, 3.8) is 0 Å². The topological polar surface area (TPSA) is 60.6 Å². The average Bonchev–Trinajstić information content (AvgIpc) is 2.95. The molecule has 6 nitrogen and oxygen atoms in total. The Morgan fingerprint density at radius 3 is 2.58 bits per heavy atom. The highest BCUT2D eigenvalue weighted by Gasteiger charge is 2.16. The molecule has 0 aliphatic rings. The number of rotatable bonds is 6. The molecular formula is C13H22N6. The third kappa shape index (κ3) is 2.68. The molecular weight excluding hydrogens is 240 g/mol. The molecule has 0 saturated carbocycles. The van der Waals surface area contributed by atoms with Crippen molar-refractivity contribution in [2.24, 2.45) is 7.05 Å². The van der Waals surface area contributed by atoms with Crippen LogP contribution < -0.4 is 5.32 Å². The van der Waals surface area contributed by atoms with E-state index in [2.05, 4.69) is 33.9 Å². The summed E-state index contributed by atoms with van der Waals surface area (Å²) >= 11 is 0. The minimum atomic E-state index is 0.677. The zero-order valence-corrected chi connectivity index (χ0v) is 12.1. The average molecular weight is 262 g/mol. The molecule has 6 heteroatoms. The predicted molar refractivity (Wildman–Crippen MR) is 73.9 cm³/mol. The first kappa shape index (κ1) is 13.7. The molecule has 0 spiro atoms. The summed E-state index contributed by atoms with van der Waals surface area (Å²) in [4.78, 5) is 4.27. The first-order valence-electron chi connectivity index (χ1n) is 6.76. The molecule has 2 aromatic rings. The zero-order valence-electron chi connectivity index (χ0n) is 12.1. The Kier molecular flexibility index (Phi) is 4.31.